The molecular weight excluding hydrogens is 468 g/mol. The Morgan fingerprint density at radius 1 is 1.00 bits per heavy atom. The zero-order chi connectivity index (χ0) is 22.4. The number of hydrogen-bond acceptors (Lipinski definition) is 8. The summed E-state index contributed by atoms with van der Waals surface area (Å²) in [6, 6.07) is 10.3. The van der Waals surface area contributed by atoms with E-state index in [1.54, 1.807) is 49.6 Å². The molecule has 0 aliphatic heterocycles. The minimum atomic E-state index is -0.267. The summed E-state index contributed by atoms with van der Waals surface area (Å²) in [7, 11) is 6.16. The number of aromatic nitrogens is 2. The van der Waals surface area contributed by atoms with Crippen molar-refractivity contribution in [3.8, 4) is 28.9 Å². The lowest BCUT2D eigenvalue weighted by Gasteiger charge is -2.15. The van der Waals surface area contributed by atoms with Crippen LogP contribution in [0.15, 0.2) is 47.1 Å². The van der Waals surface area contributed by atoms with E-state index in [0.29, 0.717) is 38.7 Å². The van der Waals surface area contributed by atoms with Gasteiger partial charge in [0, 0.05) is 24.9 Å². The van der Waals surface area contributed by atoms with Crippen molar-refractivity contribution in [1.82, 2.24) is 15.3 Å². The maximum Gasteiger partial charge on any atom is 0.254 e. The predicted octanol–water partition coefficient (Wildman–Crippen LogP) is 4.16. The maximum atomic E-state index is 12.1. The second-order valence-electron chi connectivity index (χ2n) is 6.06. The molecule has 2 aromatic carbocycles. The first-order chi connectivity index (χ1) is 15.0. The van der Waals surface area contributed by atoms with Crippen molar-refractivity contribution >= 4 is 33.5 Å². The average Bonchev–Trinajstić information content (AvgIpc) is 2.80. The molecule has 1 heterocycles. The molecule has 9 nitrogen and oxygen atoms in total. The predicted molar refractivity (Wildman–Crippen MR) is 119 cm³/mol. The molecule has 0 saturated carbocycles. The van der Waals surface area contributed by atoms with Gasteiger partial charge in [-0.3, -0.25) is 4.79 Å². The van der Waals surface area contributed by atoms with E-state index < -0.39 is 0 Å². The summed E-state index contributed by atoms with van der Waals surface area (Å²) in [5.41, 5.74) is 1.00. The number of carbonyl (C=O) groups excluding carboxylic acids is 1. The number of rotatable bonds is 8. The molecule has 2 N–H and O–H groups in total. The van der Waals surface area contributed by atoms with Gasteiger partial charge in [0.05, 0.1) is 37.6 Å². The van der Waals surface area contributed by atoms with E-state index >= 15 is 0 Å². The average molecular weight is 489 g/mol. The van der Waals surface area contributed by atoms with Crippen molar-refractivity contribution in [2.45, 2.75) is 0 Å². The van der Waals surface area contributed by atoms with Crippen LogP contribution in [0.1, 0.15) is 10.4 Å². The number of ether oxygens (including phenoxy) is 4. The molecule has 1 amide bonds. The highest BCUT2D eigenvalue weighted by molar-refractivity contribution is 9.10. The van der Waals surface area contributed by atoms with Crippen LogP contribution in [0.4, 0.5) is 11.6 Å². The van der Waals surface area contributed by atoms with Crippen LogP contribution in [0.25, 0.3) is 0 Å². The summed E-state index contributed by atoms with van der Waals surface area (Å²) in [6.45, 7) is 0. The number of nitrogens with one attached hydrogen (secondary N) is 2. The summed E-state index contributed by atoms with van der Waals surface area (Å²) < 4.78 is 22.5. The van der Waals surface area contributed by atoms with Gasteiger partial charge in [-0.15, -0.1) is 0 Å². The van der Waals surface area contributed by atoms with Gasteiger partial charge in [-0.1, -0.05) is 12.1 Å². The van der Waals surface area contributed by atoms with Crippen molar-refractivity contribution in [3.05, 3.63) is 52.6 Å². The molecule has 31 heavy (non-hydrogen) atoms. The Hall–Kier alpha value is -3.53. The third-order valence-electron chi connectivity index (χ3n) is 4.20. The topological polar surface area (TPSA) is 104 Å². The Balaban J connectivity index is 1.92. The van der Waals surface area contributed by atoms with Gasteiger partial charge in [0.1, 0.15) is 5.75 Å². The second-order valence-corrected chi connectivity index (χ2v) is 6.92. The fourth-order valence-electron chi connectivity index (χ4n) is 2.75. The minimum absolute atomic E-state index is 0.237. The molecule has 162 valence electrons. The van der Waals surface area contributed by atoms with Crippen LogP contribution in [0, 0.1) is 0 Å². The van der Waals surface area contributed by atoms with E-state index in [-0.39, 0.29) is 17.7 Å². The van der Waals surface area contributed by atoms with Crippen molar-refractivity contribution in [2.75, 3.05) is 33.7 Å². The lowest BCUT2D eigenvalue weighted by atomic mass is 10.2. The summed E-state index contributed by atoms with van der Waals surface area (Å²) >= 11 is 3.38. The molecular formula is C21H21BrN4O5. The Bertz CT molecular complexity index is 1070. The normalized spacial score (nSPS) is 10.2. The van der Waals surface area contributed by atoms with E-state index in [1.165, 1.54) is 21.3 Å². The molecule has 0 aliphatic carbocycles. The number of amides is 1. The van der Waals surface area contributed by atoms with Gasteiger partial charge in [-0.25, -0.2) is 4.98 Å². The maximum absolute atomic E-state index is 12.1. The number of hydrogen-bond donors (Lipinski definition) is 2. The molecule has 0 atom stereocenters. The number of nitrogens with zero attached hydrogens (tertiary/aromatic N) is 2. The highest BCUT2D eigenvalue weighted by Gasteiger charge is 2.16. The second kappa shape index (κ2) is 9.98. The van der Waals surface area contributed by atoms with Crippen LogP contribution >= 0.6 is 15.9 Å². The molecule has 0 unspecified atom stereocenters. The van der Waals surface area contributed by atoms with E-state index in [0.717, 1.165) is 0 Å². The van der Waals surface area contributed by atoms with Gasteiger partial charge < -0.3 is 29.6 Å². The number of methoxy groups -OCH3 is 3. The number of anilines is 2. The largest absolute Gasteiger partial charge is 0.493 e. The van der Waals surface area contributed by atoms with Crippen molar-refractivity contribution in [1.29, 1.82) is 0 Å². The van der Waals surface area contributed by atoms with Crippen molar-refractivity contribution < 1.29 is 23.7 Å². The quantitative estimate of drug-likeness (QED) is 0.486. The fourth-order valence-corrected chi connectivity index (χ4v) is 3.02. The zero-order valence-corrected chi connectivity index (χ0v) is 18.9. The summed E-state index contributed by atoms with van der Waals surface area (Å²) in [4.78, 5) is 20.8. The van der Waals surface area contributed by atoms with Gasteiger partial charge in [0.15, 0.2) is 11.5 Å². The van der Waals surface area contributed by atoms with E-state index in [1.807, 2.05) is 0 Å². The zero-order valence-electron chi connectivity index (χ0n) is 17.4. The van der Waals surface area contributed by atoms with Crippen LogP contribution in [-0.2, 0) is 0 Å². The summed E-state index contributed by atoms with van der Waals surface area (Å²) in [6.07, 6.45) is 1.55. The fraction of sp³-hybridized carbons (Fsp3) is 0.190. The first kappa shape index (κ1) is 22.2. The number of carbonyl (C=O) groups is 1. The van der Waals surface area contributed by atoms with Crippen LogP contribution in [0.3, 0.4) is 0 Å². The monoisotopic (exact) mass is 488 g/mol. The molecule has 0 aliphatic rings. The molecule has 10 heteroatoms. The first-order valence-corrected chi connectivity index (χ1v) is 9.88. The third-order valence-corrected chi connectivity index (χ3v) is 4.74. The van der Waals surface area contributed by atoms with Gasteiger partial charge in [-0.2, -0.15) is 4.98 Å². The summed E-state index contributed by atoms with van der Waals surface area (Å²) in [5, 5.41) is 5.68. The first-order valence-electron chi connectivity index (χ1n) is 9.09. The van der Waals surface area contributed by atoms with Crippen LogP contribution in [0.2, 0.25) is 0 Å². The van der Waals surface area contributed by atoms with Gasteiger partial charge >= 0.3 is 0 Å². The molecule has 0 bridgehead atoms. The number of para-hydroxylation sites is 1. The SMILES string of the molecule is CNC(=O)c1ccccc1Oc1nc(Nc2cc(OC)c(OC)c(OC)c2)ncc1Br. The Kier molecular flexibility index (Phi) is 7.14. The minimum Gasteiger partial charge on any atom is -0.493 e. The molecule has 1 aromatic heterocycles. The molecule has 0 spiro atoms. The summed E-state index contributed by atoms with van der Waals surface area (Å²) in [5.74, 6) is 2.04. The molecule has 3 aromatic rings. The molecule has 0 saturated heterocycles. The van der Waals surface area contributed by atoms with E-state index in [4.69, 9.17) is 18.9 Å². The standard InChI is InChI=1S/C21H21BrN4O5/c1-23-19(27)13-7-5-6-8-15(13)31-20-14(22)11-24-21(26-20)25-12-9-16(28-2)18(30-4)17(10-12)29-3/h5-11H,1-4H3,(H,23,27)(H,24,25,26). The highest BCUT2D eigenvalue weighted by atomic mass is 79.9. The smallest absolute Gasteiger partial charge is 0.254 e. The highest BCUT2D eigenvalue weighted by Crippen LogP contribution is 2.40. The Labute approximate surface area is 187 Å². The molecule has 0 fully saturated rings. The van der Waals surface area contributed by atoms with Crippen LogP contribution in [-0.4, -0.2) is 44.3 Å². The van der Waals surface area contributed by atoms with Gasteiger partial charge in [0.25, 0.3) is 5.91 Å². The molecule has 0 radical (unpaired) electrons. The van der Waals surface area contributed by atoms with Gasteiger partial charge in [0.2, 0.25) is 17.6 Å². The van der Waals surface area contributed by atoms with Gasteiger partial charge in [-0.05, 0) is 28.1 Å². The Morgan fingerprint density at radius 2 is 1.68 bits per heavy atom. The van der Waals surface area contributed by atoms with Crippen molar-refractivity contribution in [3.63, 3.8) is 0 Å². The van der Waals surface area contributed by atoms with Crippen LogP contribution in [0.5, 0.6) is 28.9 Å². The number of benzene rings is 2. The van der Waals surface area contributed by atoms with Crippen molar-refractivity contribution in [2.24, 2.45) is 0 Å². The lowest BCUT2D eigenvalue weighted by molar-refractivity contribution is 0.0960. The lowest BCUT2D eigenvalue weighted by Crippen LogP contribution is -2.18. The number of halogens is 1. The molecule has 3 rings (SSSR count). The van der Waals surface area contributed by atoms with Crippen LogP contribution < -0.4 is 29.6 Å². The van der Waals surface area contributed by atoms with E-state index in [9.17, 15) is 4.79 Å². The Morgan fingerprint density at radius 3 is 2.29 bits per heavy atom. The van der Waals surface area contributed by atoms with E-state index in [2.05, 4.69) is 36.5 Å². The third kappa shape index (κ3) is 4.97.